The van der Waals surface area contributed by atoms with Crippen LogP contribution in [0.2, 0.25) is 0 Å². The maximum absolute atomic E-state index is 12.7. The van der Waals surface area contributed by atoms with Gasteiger partial charge in [-0.2, -0.15) is 4.72 Å². The van der Waals surface area contributed by atoms with Crippen LogP contribution in [0, 0.1) is 12.8 Å². The number of rotatable bonds is 8. The van der Waals surface area contributed by atoms with Crippen LogP contribution in [0.4, 0.5) is 0 Å². The standard InChI is InChI=1S/C19H27NO4S/c1-6-7-16(11-8-14(2)3)18(19(21)24-5)20-25(22,23)17-12-9-15(4)10-13-17/h8-10,12-14,18,20H,6-7H2,1-5H3/t11?,18-/m1/s1. The second kappa shape index (κ2) is 9.56. The van der Waals surface area contributed by atoms with Crippen LogP contribution in [0.1, 0.15) is 39.2 Å². The van der Waals surface area contributed by atoms with Crippen LogP contribution >= 0.6 is 0 Å². The van der Waals surface area contributed by atoms with Gasteiger partial charge < -0.3 is 4.74 Å². The van der Waals surface area contributed by atoms with Crippen LogP contribution in [0.15, 0.2) is 46.5 Å². The molecule has 138 valence electrons. The maximum Gasteiger partial charge on any atom is 0.328 e. The molecule has 0 fully saturated rings. The fourth-order valence-electron chi connectivity index (χ4n) is 2.16. The Morgan fingerprint density at radius 3 is 2.36 bits per heavy atom. The molecule has 0 spiro atoms. The zero-order valence-corrected chi connectivity index (χ0v) is 16.3. The number of carbonyl (C=O) groups excluding carboxylic acids is 1. The van der Waals surface area contributed by atoms with Gasteiger partial charge in [-0.05, 0) is 37.5 Å². The number of esters is 1. The first kappa shape index (κ1) is 21.2. The van der Waals surface area contributed by atoms with Crippen LogP contribution < -0.4 is 4.72 Å². The lowest BCUT2D eigenvalue weighted by Gasteiger charge is -2.18. The Balaban J connectivity index is 3.28. The first-order valence-electron chi connectivity index (χ1n) is 8.33. The summed E-state index contributed by atoms with van der Waals surface area (Å²) >= 11 is 0. The molecule has 1 rings (SSSR count). The Bertz CT molecular complexity index is 742. The van der Waals surface area contributed by atoms with E-state index in [9.17, 15) is 13.2 Å². The van der Waals surface area contributed by atoms with Crippen molar-refractivity contribution in [2.45, 2.75) is 51.5 Å². The lowest BCUT2D eigenvalue weighted by Crippen LogP contribution is -2.42. The monoisotopic (exact) mass is 365 g/mol. The summed E-state index contributed by atoms with van der Waals surface area (Å²) in [4.78, 5) is 12.3. The van der Waals surface area contributed by atoms with Gasteiger partial charge in [-0.25, -0.2) is 13.2 Å². The molecule has 0 aliphatic rings. The van der Waals surface area contributed by atoms with Crippen molar-refractivity contribution in [3.05, 3.63) is 47.2 Å². The van der Waals surface area contributed by atoms with E-state index in [0.717, 1.165) is 12.0 Å². The summed E-state index contributed by atoms with van der Waals surface area (Å²) in [5.74, 6) is -0.414. The predicted molar refractivity (Wildman–Crippen MR) is 98.6 cm³/mol. The van der Waals surface area contributed by atoms with E-state index in [1.54, 1.807) is 12.1 Å². The Kier molecular flexibility index (Phi) is 8.10. The first-order valence-corrected chi connectivity index (χ1v) is 9.82. The number of nitrogens with one attached hydrogen (secondary N) is 1. The number of hydrogen-bond donors (Lipinski definition) is 1. The highest BCUT2D eigenvalue weighted by atomic mass is 32.2. The topological polar surface area (TPSA) is 72.5 Å². The Labute approximate surface area is 150 Å². The summed E-state index contributed by atoms with van der Waals surface area (Å²) in [6, 6.07) is 5.36. The van der Waals surface area contributed by atoms with Gasteiger partial charge in [0.2, 0.25) is 10.0 Å². The van der Waals surface area contributed by atoms with Crippen LogP contribution in [0.25, 0.3) is 0 Å². The van der Waals surface area contributed by atoms with Crippen molar-refractivity contribution < 1.29 is 17.9 Å². The number of benzene rings is 1. The largest absolute Gasteiger partial charge is 0.468 e. The summed E-state index contributed by atoms with van der Waals surface area (Å²) in [7, 11) is -2.62. The lowest BCUT2D eigenvalue weighted by molar-refractivity contribution is -0.141. The molecule has 0 aromatic heterocycles. The average molecular weight is 365 g/mol. The number of ether oxygens (including phenoxy) is 1. The molecular weight excluding hydrogens is 338 g/mol. The number of hydrogen-bond acceptors (Lipinski definition) is 4. The van der Waals surface area contributed by atoms with Crippen LogP contribution in [0.3, 0.4) is 0 Å². The summed E-state index contributed by atoms with van der Waals surface area (Å²) < 4.78 is 32.6. The van der Waals surface area contributed by atoms with Crippen molar-refractivity contribution in [1.29, 1.82) is 0 Å². The summed E-state index contributed by atoms with van der Waals surface area (Å²) in [5, 5.41) is 0. The highest BCUT2D eigenvalue weighted by Crippen LogP contribution is 2.16. The SMILES string of the molecule is CCCC(=C=CC(C)C)[C@@H](NS(=O)(=O)c1ccc(C)cc1)C(=O)OC. The fourth-order valence-corrected chi connectivity index (χ4v) is 3.34. The Hall–Kier alpha value is -1.88. The second-order valence-corrected chi connectivity index (χ2v) is 7.93. The number of methoxy groups -OCH3 is 1. The van der Waals surface area contributed by atoms with Gasteiger partial charge in [0.05, 0.1) is 12.0 Å². The fraction of sp³-hybridized carbons (Fsp3) is 0.474. The Morgan fingerprint density at radius 2 is 1.88 bits per heavy atom. The van der Waals surface area contributed by atoms with E-state index in [1.165, 1.54) is 19.2 Å². The first-order chi connectivity index (χ1) is 11.7. The normalized spacial score (nSPS) is 12.4. The molecule has 0 aliphatic heterocycles. The van der Waals surface area contributed by atoms with E-state index in [2.05, 4.69) is 10.5 Å². The highest BCUT2D eigenvalue weighted by Gasteiger charge is 2.29. The van der Waals surface area contributed by atoms with Gasteiger partial charge >= 0.3 is 5.97 Å². The third-order valence-electron chi connectivity index (χ3n) is 3.51. The second-order valence-electron chi connectivity index (χ2n) is 6.22. The highest BCUT2D eigenvalue weighted by molar-refractivity contribution is 7.89. The van der Waals surface area contributed by atoms with Gasteiger partial charge in [-0.1, -0.05) is 44.9 Å². The molecule has 1 atom stereocenters. The molecule has 0 saturated carbocycles. The molecule has 0 aliphatic carbocycles. The van der Waals surface area contributed by atoms with E-state index >= 15 is 0 Å². The molecule has 1 aromatic rings. The molecule has 0 unspecified atom stereocenters. The number of carbonyl (C=O) groups is 1. The average Bonchev–Trinajstić information content (AvgIpc) is 2.56. The number of aryl methyl sites for hydroxylation is 1. The molecule has 0 radical (unpaired) electrons. The summed E-state index contributed by atoms with van der Waals surface area (Å²) in [5.41, 5.74) is 4.60. The summed E-state index contributed by atoms with van der Waals surface area (Å²) in [6.07, 6.45) is 3.12. The van der Waals surface area contributed by atoms with Crippen LogP contribution in [-0.2, 0) is 19.6 Å². The molecule has 25 heavy (non-hydrogen) atoms. The molecule has 0 heterocycles. The van der Waals surface area contributed by atoms with Crippen molar-refractivity contribution in [3.8, 4) is 0 Å². The zero-order valence-electron chi connectivity index (χ0n) is 15.5. The molecule has 6 heteroatoms. The Morgan fingerprint density at radius 1 is 1.28 bits per heavy atom. The molecule has 0 saturated heterocycles. The minimum atomic E-state index is -3.86. The quantitative estimate of drug-likeness (QED) is 0.566. The van der Waals surface area contributed by atoms with Gasteiger partial charge in [0.25, 0.3) is 0 Å². The molecule has 1 N–H and O–H groups in total. The van der Waals surface area contributed by atoms with E-state index in [-0.39, 0.29) is 10.8 Å². The van der Waals surface area contributed by atoms with Crippen molar-refractivity contribution >= 4 is 16.0 Å². The lowest BCUT2D eigenvalue weighted by atomic mass is 10.0. The smallest absolute Gasteiger partial charge is 0.328 e. The van der Waals surface area contributed by atoms with E-state index in [0.29, 0.717) is 12.0 Å². The van der Waals surface area contributed by atoms with Crippen LogP contribution in [-0.4, -0.2) is 27.5 Å². The van der Waals surface area contributed by atoms with Gasteiger partial charge in [-0.3, -0.25) is 0 Å². The minimum Gasteiger partial charge on any atom is -0.468 e. The zero-order chi connectivity index (χ0) is 19.0. The van der Waals surface area contributed by atoms with Gasteiger partial charge in [0, 0.05) is 5.57 Å². The van der Waals surface area contributed by atoms with Gasteiger partial charge in [0.1, 0.15) is 6.04 Å². The third-order valence-corrected chi connectivity index (χ3v) is 4.95. The van der Waals surface area contributed by atoms with Crippen molar-refractivity contribution in [1.82, 2.24) is 4.72 Å². The molecule has 1 aromatic carbocycles. The van der Waals surface area contributed by atoms with E-state index in [4.69, 9.17) is 4.74 Å². The van der Waals surface area contributed by atoms with E-state index in [1.807, 2.05) is 33.8 Å². The summed E-state index contributed by atoms with van der Waals surface area (Å²) in [6.45, 7) is 7.81. The molecule has 0 amide bonds. The van der Waals surface area contributed by atoms with Gasteiger partial charge in [-0.15, -0.1) is 5.73 Å². The molecule has 5 nitrogen and oxygen atoms in total. The van der Waals surface area contributed by atoms with Crippen molar-refractivity contribution in [3.63, 3.8) is 0 Å². The maximum atomic E-state index is 12.7. The van der Waals surface area contributed by atoms with Crippen molar-refractivity contribution in [2.75, 3.05) is 7.11 Å². The van der Waals surface area contributed by atoms with E-state index < -0.39 is 22.0 Å². The molecule has 0 bridgehead atoms. The van der Waals surface area contributed by atoms with Gasteiger partial charge in [0.15, 0.2) is 0 Å². The number of sulfonamides is 1. The van der Waals surface area contributed by atoms with Crippen molar-refractivity contribution in [2.24, 2.45) is 5.92 Å². The van der Waals surface area contributed by atoms with Crippen LogP contribution in [0.5, 0.6) is 0 Å². The predicted octanol–water partition coefficient (Wildman–Crippen LogP) is 3.35. The molecular formula is C19H27NO4S. The minimum absolute atomic E-state index is 0.107. The third kappa shape index (κ3) is 6.50.